The highest BCUT2D eigenvalue weighted by molar-refractivity contribution is 5.95. The monoisotopic (exact) mass is 246 g/mol. The van der Waals surface area contributed by atoms with Gasteiger partial charge in [0.25, 0.3) is 5.91 Å². The highest BCUT2D eigenvalue weighted by Gasteiger charge is 2.07. The van der Waals surface area contributed by atoms with Crippen LogP contribution in [-0.4, -0.2) is 38.3 Å². The third-order valence-corrected chi connectivity index (χ3v) is 2.25. The quantitative estimate of drug-likeness (QED) is 0.796. The van der Waals surface area contributed by atoms with E-state index >= 15 is 0 Å². The molecule has 0 aliphatic carbocycles. The van der Waals surface area contributed by atoms with Gasteiger partial charge in [0.2, 0.25) is 0 Å². The summed E-state index contributed by atoms with van der Waals surface area (Å²) in [6.07, 6.45) is 3.08. The molecule has 1 heterocycles. The van der Waals surface area contributed by atoms with Crippen LogP contribution in [0.3, 0.4) is 0 Å². The van der Waals surface area contributed by atoms with Gasteiger partial charge < -0.3 is 10.4 Å². The fraction of sp³-hybridized carbons (Fsp3) is 0.0909. The zero-order chi connectivity index (χ0) is 13.0. The maximum atomic E-state index is 11.5. The van der Waals surface area contributed by atoms with Crippen LogP contribution in [-0.2, 0) is 4.79 Å². The van der Waals surface area contributed by atoms with E-state index in [4.69, 9.17) is 5.11 Å². The van der Waals surface area contributed by atoms with Crippen molar-refractivity contribution in [2.24, 2.45) is 0 Å². The van der Waals surface area contributed by atoms with Crippen LogP contribution in [0.5, 0.6) is 0 Å². The van der Waals surface area contributed by atoms with Gasteiger partial charge in [-0.05, 0) is 24.3 Å². The van der Waals surface area contributed by atoms with E-state index in [1.165, 1.54) is 0 Å². The Morgan fingerprint density at radius 2 is 1.78 bits per heavy atom. The van der Waals surface area contributed by atoms with E-state index in [0.717, 1.165) is 5.69 Å². The molecular formula is C11H10N4O3. The Morgan fingerprint density at radius 1 is 1.17 bits per heavy atom. The van der Waals surface area contributed by atoms with Crippen molar-refractivity contribution in [2.45, 2.75) is 0 Å². The summed E-state index contributed by atoms with van der Waals surface area (Å²) < 4.78 is 1.69. The van der Waals surface area contributed by atoms with Crippen LogP contribution >= 0.6 is 0 Å². The summed E-state index contributed by atoms with van der Waals surface area (Å²) in [5, 5.41) is 18.1. The number of amides is 1. The lowest BCUT2D eigenvalue weighted by Crippen LogP contribution is -2.29. The topological polar surface area (TPSA) is 97.1 Å². The highest BCUT2D eigenvalue weighted by atomic mass is 16.4. The van der Waals surface area contributed by atoms with Gasteiger partial charge in [-0.15, -0.1) is 10.2 Å². The van der Waals surface area contributed by atoms with E-state index in [0.29, 0.717) is 5.56 Å². The summed E-state index contributed by atoms with van der Waals surface area (Å²) in [6, 6.07) is 6.65. The second-order valence-corrected chi connectivity index (χ2v) is 3.49. The summed E-state index contributed by atoms with van der Waals surface area (Å²) in [5.74, 6) is -1.50. The summed E-state index contributed by atoms with van der Waals surface area (Å²) in [4.78, 5) is 21.9. The molecule has 18 heavy (non-hydrogen) atoms. The fourth-order valence-electron chi connectivity index (χ4n) is 1.38. The minimum atomic E-state index is -1.08. The molecule has 0 saturated heterocycles. The average molecular weight is 246 g/mol. The zero-order valence-electron chi connectivity index (χ0n) is 9.28. The molecule has 92 valence electrons. The molecule has 7 nitrogen and oxygen atoms in total. The molecule has 0 atom stereocenters. The number of nitrogens with one attached hydrogen (secondary N) is 1. The number of carbonyl (C=O) groups is 2. The minimum Gasteiger partial charge on any atom is -0.480 e. The van der Waals surface area contributed by atoms with E-state index in [1.807, 2.05) is 0 Å². The van der Waals surface area contributed by atoms with Gasteiger partial charge in [-0.3, -0.25) is 14.2 Å². The van der Waals surface area contributed by atoms with Crippen molar-refractivity contribution >= 4 is 11.9 Å². The van der Waals surface area contributed by atoms with Crippen LogP contribution in [0.1, 0.15) is 10.4 Å². The Bertz CT molecular complexity index is 548. The molecule has 2 N–H and O–H groups in total. The molecule has 2 rings (SSSR count). The van der Waals surface area contributed by atoms with E-state index in [9.17, 15) is 9.59 Å². The summed E-state index contributed by atoms with van der Waals surface area (Å²) in [5.41, 5.74) is 1.21. The number of aliphatic carboxylic acids is 1. The first-order chi connectivity index (χ1) is 8.66. The van der Waals surface area contributed by atoms with Gasteiger partial charge in [0.1, 0.15) is 19.2 Å². The Kier molecular flexibility index (Phi) is 3.33. The predicted octanol–water partition coefficient (Wildman–Crippen LogP) is 0.0817. The Hall–Kier alpha value is -2.70. The first-order valence-corrected chi connectivity index (χ1v) is 5.12. The largest absolute Gasteiger partial charge is 0.480 e. The second kappa shape index (κ2) is 5.09. The molecule has 1 aromatic heterocycles. The molecule has 1 aromatic carbocycles. The molecule has 0 aliphatic rings. The number of carboxylic acids is 1. The van der Waals surface area contributed by atoms with Crippen LogP contribution in [0.15, 0.2) is 36.9 Å². The van der Waals surface area contributed by atoms with Crippen LogP contribution in [0.4, 0.5) is 0 Å². The average Bonchev–Trinajstić information content (AvgIpc) is 2.90. The fourth-order valence-corrected chi connectivity index (χ4v) is 1.38. The smallest absolute Gasteiger partial charge is 0.322 e. The molecular weight excluding hydrogens is 236 g/mol. The second-order valence-electron chi connectivity index (χ2n) is 3.49. The molecule has 0 spiro atoms. The first-order valence-electron chi connectivity index (χ1n) is 5.12. The molecule has 0 fully saturated rings. The number of rotatable bonds is 4. The van der Waals surface area contributed by atoms with E-state index in [-0.39, 0.29) is 0 Å². The highest BCUT2D eigenvalue weighted by Crippen LogP contribution is 2.08. The predicted molar refractivity (Wildman–Crippen MR) is 61.3 cm³/mol. The standard InChI is InChI=1S/C11H10N4O3/c16-10(17)5-12-11(18)8-1-3-9(4-2-8)15-6-13-14-7-15/h1-4,6-7H,5H2,(H,12,18)(H,16,17). The van der Waals surface area contributed by atoms with E-state index in [1.54, 1.807) is 41.5 Å². The lowest BCUT2D eigenvalue weighted by atomic mass is 10.2. The molecule has 7 heteroatoms. The van der Waals surface area contributed by atoms with E-state index in [2.05, 4.69) is 15.5 Å². The van der Waals surface area contributed by atoms with Crippen LogP contribution in [0, 0.1) is 0 Å². The van der Waals surface area contributed by atoms with Gasteiger partial charge in [-0.25, -0.2) is 0 Å². The lowest BCUT2D eigenvalue weighted by molar-refractivity contribution is -0.135. The Labute approximate surface area is 102 Å². The number of benzene rings is 1. The molecule has 0 bridgehead atoms. The van der Waals surface area contributed by atoms with Gasteiger partial charge in [0.15, 0.2) is 0 Å². The summed E-state index contributed by atoms with van der Waals surface area (Å²) in [6.45, 7) is -0.397. The van der Waals surface area contributed by atoms with Crippen molar-refractivity contribution in [1.82, 2.24) is 20.1 Å². The normalized spacial score (nSPS) is 10.0. The summed E-state index contributed by atoms with van der Waals surface area (Å²) >= 11 is 0. The third kappa shape index (κ3) is 2.70. The molecule has 1 amide bonds. The van der Waals surface area contributed by atoms with Crippen molar-refractivity contribution in [3.63, 3.8) is 0 Å². The lowest BCUT2D eigenvalue weighted by Gasteiger charge is -2.04. The molecule has 0 saturated carbocycles. The first kappa shape index (κ1) is 11.8. The van der Waals surface area contributed by atoms with Crippen molar-refractivity contribution < 1.29 is 14.7 Å². The van der Waals surface area contributed by atoms with Crippen molar-refractivity contribution in [3.8, 4) is 5.69 Å². The van der Waals surface area contributed by atoms with Crippen molar-refractivity contribution in [2.75, 3.05) is 6.54 Å². The van der Waals surface area contributed by atoms with E-state index < -0.39 is 18.4 Å². The van der Waals surface area contributed by atoms with Crippen LogP contribution in [0.2, 0.25) is 0 Å². The van der Waals surface area contributed by atoms with Gasteiger partial charge in [-0.1, -0.05) is 0 Å². The SMILES string of the molecule is O=C(O)CNC(=O)c1ccc(-n2cnnc2)cc1. The van der Waals surface area contributed by atoms with Gasteiger partial charge in [0.05, 0.1) is 0 Å². The van der Waals surface area contributed by atoms with Crippen molar-refractivity contribution in [3.05, 3.63) is 42.5 Å². The number of carbonyl (C=O) groups excluding carboxylic acids is 1. The molecule has 0 unspecified atom stereocenters. The van der Waals surface area contributed by atoms with Gasteiger partial charge in [-0.2, -0.15) is 0 Å². The number of carboxylic acid groups (broad SMARTS) is 1. The van der Waals surface area contributed by atoms with Crippen LogP contribution < -0.4 is 5.32 Å². The zero-order valence-corrected chi connectivity index (χ0v) is 9.28. The number of aromatic nitrogens is 3. The third-order valence-electron chi connectivity index (χ3n) is 2.25. The van der Waals surface area contributed by atoms with Crippen LogP contribution in [0.25, 0.3) is 5.69 Å². The molecule has 2 aromatic rings. The Balaban J connectivity index is 2.08. The number of nitrogens with zero attached hydrogens (tertiary/aromatic N) is 3. The maximum Gasteiger partial charge on any atom is 0.322 e. The van der Waals surface area contributed by atoms with Crippen molar-refractivity contribution in [1.29, 1.82) is 0 Å². The molecule has 0 radical (unpaired) electrons. The number of hydrogen-bond donors (Lipinski definition) is 2. The van der Waals surface area contributed by atoms with Gasteiger partial charge in [0, 0.05) is 11.3 Å². The minimum absolute atomic E-state index is 0.396. The maximum absolute atomic E-state index is 11.5. The Morgan fingerprint density at radius 3 is 2.33 bits per heavy atom. The van der Waals surface area contributed by atoms with Gasteiger partial charge >= 0.3 is 5.97 Å². The summed E-state index contributed by atoms with van der Waals surface area (Å²) in [7, 11) is 0. The number of hydrogen-bond acceptors (Lipinski definition) is 4. The molecule has 0 aliphatic heterocycles.